The van der Waals surface area contributed by atoms with Crippen molar-refractivity contribution in [3.63, 3.8) is 0 Å². The van der Waals surface area contributed by atoms with Crippen LogP contribution in [0.3, 0.4) is 0 Å². The molecule has 0 saturated heterocycles. The van der Waals surface area contributed by atoms with E-state index in [4.69, 9.17) is 9.84 Å². The minimum absolute atomic E-state index is 0.176. The van der Waals surface area contributed by atoms with Gasteiger partial charge in [0.2, 0.25) is 0 Å². The van der Waals surface area contributed by atoms with Gasteiger partial charge in [0, 0.05) is 24.2 Å². The summed E-state index contributed by atoms with van der Waals surface area (Å²) in [5, 5.41) is 13.8. The van der Waals surface area contributed by atoms with Crippen molar-refractivity contribution < 1.29 is 19.4 Å². The standard InChI is InChI=1S/C20H22N4O4/c1-12(2)24-19-14(10-21-24)9-17(13(3)22-19)20(27)23(4)15-5-7-16(8-6-15)28-11-18(25)26/h5-10,12H,11H2,1-4H3,(H,25,26). The molecule has 8 nitrogen and oxygen atoms in total. The number of fused-ring (bicyclic) bond motifs is 1. The first-order valence-electron chi connectivity index (χ1n) is 8.85. The van der Waals surface area contributed by atoms with Crippen molar-refractivity contribution in [1.29, 1.82) is 0 Å². The normalized spacial score (nSPS) is 11.0. The van der Waals surface area contributed by atoms with E-state index < -0.39 is 12.6 Å². The van der Waals surface area contributed by atoms with Crippen LogP contribution < -0.4 is 9.64 Å². The van der Waals surface area contributed by atoms with Crippen LogP contribution in [0.4, 0.5) is 5.69 Å². The van der Waals surface area contributed by atoms with Crippen molar-refractivity contribution in [2.24, 2.45) is 0 Å². The van der Waals surface area contributed by atoms with Crippen LogP contribution in [0.2, 0.25) is 0 Å². The van der Waals surface area contributed by atoms with Crippen LogP contribution >= 0.6 is 0 Å². The monoisotopic (exact) mass is 382 g/mol. The van der Waals surface area contributed by atoms with Gasteiger partial charge in [-0.3, -0.25) is 4.79 Å². The molecule has 0 radical (unpaired) electrons. The molecule has 0 aliphatic carbocycles. The van der Waals surface area contributed by atoms with Gasteiger partial charge in [-0.05, 0) is 51.1 Å². The van der Waals surface area contributed by atoms with E-state index in [1.165, 1.54) is 4.90 Å². The van der Waals surface area contributed by atoms with Crippen LogP contribution in [-0.4, -0.2) is 45.4 Å². The zero-order chi connectivity index (χ0) is 20.4. The number of aromatic nitrogens is 3. The second-order valence-corrected chi connectivity index (χ2v) is 6.76. The van der Waals surface area contributed by atoms with Crippen LogP contribution in [0.25, 0.3) is 11.0 Å². The van der Waals surface area contributed by atoms with Gasteiger partial charge >= 0.3 is 5.97 Å². The summed E-state index contributed by atoms with van der Waals surface area (Å²) in [6, 6.07) is 8.65. The number of anilines is 1. The molecular formula is C20H22N4O4. The van der Waals surface area contributed by atoms with E-state index in [-0.39, 0.29) is 11.9 Å². The van der Waals surface area contributed by atoms with E-state index >= 15 is 0 Å². The number of ether oxygens (including phenoxy) is 1. The van der Waals surface area contributed by atoms with Crippen LogP contribution in [0.5, 0.6) is 5.75 Å². The SMILES string of the molecule is Cc1nc2c(cnn2C(C)C)cc1C(=O)N(C)c1ccc(OCC(=O)O)cc1. The van der Waals surface area contributed by atoms with Crippen molar-refractivity contribution >= 4 is 28.6 Å². The number of hydrogen-bond acceptors (Lipinski definition) is 5. The number of carbonyl (C=O) groups is 2. The summed E-state index contributed by atoms with van der Waals surface area (Å²) in [6.45, 7) is 5.45. The fraction of sp³-hybridized carbons (Fsp3) is 0.300. The lowest BCUT2D eigenvalue weighted by molar-refractivity contribution is -0.139. The smallest absolute Gasteiger partial charge is 0.341 e. The highest BCUT2D eigenvalue weighted by Gasteiger charge is 2.19. The lowest BCUT2D eigenvalue weighted by Crippen LogP contribution is -2.27. The molecule has 0 atom stereocenters. The van der Waals surface area contributed by atoms with E-state index in [9.17, 15) is 9.59 Å². The summed E-state index contributed by atoms with van der Waals surface area (Å²) in [4.78, 5) is 29.7. The van der Waals surface area contributed by atoms with E-state index in [0.717, 1.165) is 11.0 Å². The number of benzene rings is 1. The number of pyridine rings is 1. The number of amides is 1. The van der Waals surface area contributed by atoms with Gasteiger partial charge in [-0.2, -0.15) is 5.10 Å². The molecule has 1 N–H and O–H groups in total. The quantitative estimate of drug-likeness (QED) is 0.704. The molecule has 146 valence electrons. The molecule has 2 aromatic heterocycles. The summed E-state index contributed by atoms with van der Waals surface area (Å²) in [6.07, 6.45) is 1.72. The number of carboxylic acid groups (broad SMARTS) is 1. The van der Waals surface area contributed by atoms with Crippen molar-refractivity contribution in [3.8, 4) is 5.75 Å². The number of aliphatic carboxylic acids is 1. The van der Waals surface area contributed by atoms with Crippen LogP contribution in [0.15, 0.2) is 36.5 Å². The molecule has 0 unspecified atom stereocenters. The summed E-state index contributed by atoms with van der Waals surface area (Å²) in [7, 11) is 1.68. The Bertz CT molecular complexity index is 1020. The van der Waals surface area contributed by atoms with Gasteiger partial charge in [0.25, 0.3) is 5.91 Å². The first kappa shape index (κ1) is 19.3. The highest BCUT2D eigenvalue weighted by Crippen LogP contribution is 2.23. The lowest BCUT2D eigenvalue weighted by atomic mass is 10.1. The first-order valence-corrected chi connectivity index (χ1v) is 8.85. The molecule has 0 fully saturated rings. The molecule has 3 rings (SSSR count). The minimum Gasteiger partial charge on any atom is -0.482 e. The Kier molecular flexibility index (Phi) is 5.30. The molecule has 0 aliphatic heterocycles. The topological polar surface area (TPSA) is 97.5 Å². The van der Waals surface area contributed by atoms with Gasteiger partial charge < -0.3 is 14.7 Å². The predicted molar refractivity (Wildman–Crippen MR) is 105 cm³/mol. The van der Waals surface area contributed by atoms with E-state index in [2.05, 4.69) is 10.1 Å². The second kappa shape index (κ2) is 7.67. The van der Waals surface area contributed by atoms with Gasteiger partial charge in [-0.1, -0.05) is 0 Å². The Balaban J connectivity index is 1.85. The van der Waals surface area contributed by atoms with Gasteiger partial charge in [0.1, 0.15) is 5.75 Å². The summed E-state index contributed by atoms with van der Waals surface area (Å²) < 4.78 is 6.94. The van der Waals surface area contributed by atoms with Crippen LogP contribution in [0, 0.1) is 6.92 Å². The van der Waals surface area contributed by atoms with E-state index in [0.29, 0.717) is 22.7 Å². The molecule has 2 heterocycles. The molecule has 8 heteroatoms. The fourth-order valence-corrected chi connectivity index (χ4v) is 2.87. The Morgan fingerprint density at radius 1 is 1.25 bits per heavy atom. The number of hydrogen-bond donors (Lipinski definition) is 1. The van der Waals surface area contributed by atoms with Gasteiger partial charge in [-0.25, -0.2) is 14.5 Å². The number of carbonyl (C=O) groups excluding carboxylic acids is 1. The fourth-order valence-electron chi connectivity index (χ4n) is 2.87. The van der Waals surface area contributed by atoms with Gasteiger partial charge in [-0.15, -0.1) is 0 Å². The van der Waals surface area contributed by atoms with Crippen LogP contribution in [0.1, 0.15) is 35.9 Å². The molecule has 0 bridgehead atoms. The Labute approximate surface area is 162 Å². The van der Waals surface area contributed by atoms with Gasteiger partial charge in [0.15, 0.2) is 12.3 Å². The van der Waals surface area contributed by atoms with Crippen molar-refractivity contribution in [2.75, 3.05) is 18.6 Å². The van der Waals surface area contributed by atoms with Crippen molar-refractivity contribution in [3.05, 3.63) is 47.8 Å². The summed E-state index contributed by atoms with van der Waals surface area (Å²) >= 11 is 0. The molecule has 3 aromatic rings. The molecule has 28 heavy (non-hydrogen) atoms. The second-order valence-electron chi connectivity index (χ2n) is 6.76. The third-order valence-electron chi connectivity index (χ3n) is 4.37. The van der Waals surface area contributed by atoms with Crippen molar-refractivity contribution in [1.82, 2.24) is 14.8 Å². The Hall–Kier alpha value is -3.42. The Morgan fingerprint density at radius 3 is 2.54 bits per heavy atom. The molecular weight excluding hydrogens is 360 g/mol. The molecule has 1 aromatic carbocycles. The van der Waals surface area contributed by atoms with Gasteiger partial charge in [0.05, 0.1) is 17.5 Å². The largest absolute Gasteiger partial charge is 0.482 e. The van der Waals surface area contributed by atoms with Crippen LogP contribution in [-0.2, 0) is 4.79 Å². The molecule has 1 amide bonds. The van der Waals surface area contributed by atoms with E-state index in [1.54, 1.807) is 44.4 Å². The third-order valence-corrected chi connectivity index (χ3v) is 4.37. The maximum Gasteiger partial charge on any atom is 0.341 e. The zero-order valence-corrected chi connectivity index (χ0v) is 16.2. The molecule has 0 spiro atoms. The summed E-state index contributed by atoms with van der Waals surface area (Å²) in [5.41, 5.74) is 2.55. The predicted octanol–water partition coefficient (Wildman–Crippen LogP) is 3.06. The maximum absolute atomic E-state index is 13.0. The number of carboxylic acids is 1. The third kappa shape index (κ3) is 3.80. The molecule has 0 aliphatic rings. The summed E-state index contributed by atoms with van der Waals surface area (Å²) in [5.74, 6) is -0.814. The highest BCUT2D eigenvalue weighted by atomic mass is 16.5. The maximum atomic E-state index is 13.0. The van der Waals surface area contributed by atoms with E-state index in [1.807, 2.05) is 24.6 Å². The Morgan fingerprint density at radius 2 is 1.93 bits per heavy atom. The number of aryl methyl sites for hydroxylation is 1. The average Bonchev–Trinajstić information content (AvgIpc) is 3.08. The lowest BCUT2D eigenvalue weighted by Gasteiger charge is -2.19. The zero-order valence-electron chi connectivity index (χ0n) is 16.2. The average molecular weight is 382 g/mol. The number of nitrogens with zero attached hydrogens (tertiary/aromatic N) is 4. The molecule has 0 saturated carbocycles. The first-order chi connectivity index (χ1) is 13.3. The van der Waals surface area contributed by atoms with Crippen molar-refractivity contribution in [2.45, 2.75) is 26.8 Å². The highest BCUT2D eigenvalue weighted by molar-refractivity contribution is 6.07. The number of rotatable bonds is 6. The minimum atomic E-state index is -1.05.